The van der Waals surface area contributed by atoms with Crippen molar-refractivity contribution in [3.05, 3.63) is 23.1 Å². The average Bonchev–Trinajstić information content (AvgIpc) is 1.95. The highest BCUT2D eigenvalue weighted by Gasteiger charge is 2.06. The van der Waals surface area contributed by atoms with Crippen LogP contribution < -0.4 is 0 Å². The fraction of sp³-hybridized carbons (Fsp3) is 0.556. The van der Waals surface area contributed by atoms with Crippen LogP contribution in [0.25, 0.3) is 0 Å². The molecule has 2 nitrogen and oxygen atoms in total. The van der Waals surface area contributed by atoms with E-state index in [1.54, 1.807) is 12.2 Å². The summed E-state index contributed by atoms with van der Waals surface area (Å²) < 4.78 is 22.1. The molecule has 0 bridgehead atoms. The lowest BCUT2D eigenvalue weighted by molar-refractivity contribution is 0.606. The molecule has 0 aromatic rings. The molecular formula is C9H16O2S. The number of hydrogen-bond donors (Lipinski definition) is 0. The van der Waals surface area contributed by atoms with Crippen molar-refractivity contribution in [2.75, 3.05) is 6.26 Å². The summed E-state index contributed by atoms with van der Waals surface area (Å²) >= 11 is 0. The standard InChI is InChI=1S/C9H16O2S/c1-4-6-7-8-9(5-2)12(3,10)11/h6-8H,4-5H2,1-3H3/b7-6+,9-8-. The van der Waals surface area contributed by atoms with Gasteiger partial charge in [-0.1, -0.05) is 26.0 Å². The number of rotatable bonds is 4. The average molecular weight is 188 g/mol. The Balaban J connectivity index is 4.57. The van der Waals surface area contributed by atoms with Crippen molar-refractivity contribution >= 4 is 9.84 Å². The van der Waals surface area contributed by atoms with Crippen molar-refractivity contribution in [1.29, 1.82) is 0 Å². The van der Waals surface area contributed by atoms with E-state index in [-0.39, 0.29) is 0 Å². The van der Waals surface area contributed by atoms with E-state index in [9.17, 15) is 8.42 Å². The van der Waals surface area contributed by atoms with Crippen LogP contribution in [0.1, 0.15) is 26.7 Å². The molecule has 0 saturated carbocycles. The maximum Gasteiger partial charge on any atom is 0.171 e. The summed E-state index contributed by atoms with van der Waals surface area (Å²) in [5, 5.41) is 0. The fourth-order valence-corrected chi connectivity index (χ4v) is 1.67. The molecule has 0 aromatic carbocycles. The molecule has 3 heteroatoms. The number of sulfone groups is 1. The molecule has 0 fully saturated rings. The Labute approximate surface area is 74.9 Å². The van der Waals surface area contributed by atoms with E-state index in [1.807, 2.05) is 19.9 Å². The molecule has 0 atom stereocenters. The molecule has 0 radical (unpaired) electrons. The zero-order chi connectivity index (χ0) is 9.61. The van der Waals surface area contributed by atoms with Gasteiger partial charge in [-0.15, -0.1) is 0 Å². The molecular weight excluding hydrogens is 172 g/mol. The van der Waals surface area contributed by atoms with Gasteiger partial charge in [0.15, 0.2) is 9.84 Å². The zero-order valence-electron chi connectivity index (χ0n) is 7.87. The summed E-state index contributed by atoms with van der Waals surface area (Å²) in [4.78, 5) is 0.493. The first-order chi connectivity index (χ1) is 5.52. The van der Waals surface area contributed by atoms with Crippen LogP contribution >= 0.6 is 0 Å². The van der Waals surface area contributed by atoms with Gasteiger partial charge in [0, 0.05) is 11.2 Å². The van der Waals surface area contributed by atoms with Gasteiger partial charge in [-0.05, 0) is 18.9 Å². The molecule has 0 aliphatic rings. The van der Waals surface area contributed by atoms with Crippen LogP contribution in [0, 0.1) is 0 Å². The monoisotopic (exact) mass is 188 g/mol. The Hall–Kier alpha value is -0.570. The second-order valence-corrected chi connectivity index (χ2v) is 4.66. The minimum atomic E-state index is -2.99. The largest absolute Gasteiger partial charge is 0.224 e. The summed E-state index contributed by atoms with van der Waals surface area (Å²) in [5.41, 5.74) is 0. The van der Waals surface area contributed by atoms with Gasteiger partial charge in [0.25, 0.3) is 0 Å². The maximum atomic E-state index is 11.1. The molecule has 70 valence electrons. The summed E-state index contributed by atoms with van der Waals surface area (Å²) in [5.74, 6) is 0. The highest BCUT2D eigenvalue weighted by atomic mass is 32.2. The van der Waals surface area contributed by atoms with Crippen molar-refractivity contribution in [1.82, 2.24) is 0 Å². The van der Waals surface area contributed by atoms with Gasteiger partial charge >= 0.3 is 0 Å². The van der Waals surface area contributed by atoms with Crippen LogP contribution in [0.15, 0.2) is 23.1 Å². The fourth-order valence-electron chi connectivity index (χ4n) is 0.815. The Morgan fingerprint density at radius 1 is 1.33 bits per heavy atom. The minimum absolute atomic E-state index is 0.493. The van der Waals surface area contributed by atoms with Crippen LogP contribution in [0.4, 0.5) is 0 Å². The molecule has 0 aliphatic heterocycles. The second-order valence-electron chi connectivity index (χ2n) is 2.60. The normalized spacial score (nSPS) is 14.1. The zero-order valence-corrected chi connectivity index (χ0v) is 8.69. The van der Waals surface area contributed by atoms with E-state index >= 15 is 0 Å². The van der Waals surface area contributed by atoms with Crippen molar-refractivity contribution in [2.24, 2.45) is 0 Å². The quantitative estimate of drug-likeness (QED) is 0.634. The molecule has 0 aliphatic carbocycles. The Morgan fingerprint density at radius 2 is 1.92 bits per heavy atom. The van der Waals surface area contributed by atoms with Gasteiger partial charge in [-0.2, -0.15) is 0 Å². The Bertz CT molecular complexity index is 271. The van der Waals surface area contributed by atoms with Gasteiger partial charge in [0.05, 0.1) is 0 Å². The lowest BCUT2D eigenvalue weighted by Gasteiger charge is -1.97. The third-order valence-electron chi connectivity index (χ3n) is 1.48. The van der Waals surface area contributed by atoms with Gasteiger partial charge < -0.3 is 0 Å². The maximum absolute atomic E-state index is 11.1. The van der Waals surface area contributed by atoms with E-state index in [0.717, 1.165) is 6.42 Å². The summed E-state index contributed by atoms with van der Waals surface area (Å²) in [7, 11) is -2.99. The molecule has 0 unspecified atom stereocenters. The molecule has 0 heterocycles. The molecule has 0 saturated heterocycles. The van der Waals surface area contributed by atoms with E-state index in [0.29, 0.717) is 11.3 Å². The first-order valence-electron chi connectivity index (χ1n) is 4.08. The topological polar surface area (TPSA) is 34.1 Å². The first kappa shape index (κ1) is 11.4. The van der Waals surface area contributed by atoms with Gasteiger partial charge in [0.1, 0.15) is 0 Å². The van der Waals surface area contributed by atoms with Crippen molar-refractivity contribution in [3.63, 3.8) is 0 Å². The predicted octanol–water partition coefficient (Wildman–Crippen LogP) is 2.29. The van der Waals surface area contributed by atoms with E-state index in [4.69, 9.17) is 0 Å². The van der Waals surface area contributed by atoms with Crippen LogP contribution in [-0.4, -0.2) is 14.7 Å². The van der Waals surface area contributed by atoms with Gasteiger partial charge in [-0.25, -0.2) is 8.42 Å². The third-order valence-corrected chi connectivity index (χ3v) is 2.86. The number of hydrogen-bond acceptors (Lipinski definition) is 2. The van der Waals surface area contributed by atoms with Crippen molar-refractivity contribution in [3.8, 4) is 0 Å². The predicted molar refractivity (Wildman–Crippen MR) is 52.6 cm³/mol. The van der Waals surface area contributed by atoms with Crippen LogP contribution in [0.3, 0.4) is 0 Å². The number of allylic oxidation sites excluding steroid dienone is 4. The van der Waals surface area contributed by atoms with E-state index < -0.39 is 9.84 Å². The lowest BCUT2D eigenvalue weighted by atomic mass is 10.3. The van der Waals surface area contributed by atoms with Gasteiger partial charge in [-0.3, -0.25) is 0 Å². The molecule has 0 aromatic heterocycles. The highest BCUT2D eigenvalue weighted by molar-refractivity contribution is 7.94. The molecule has 0 N–H and O–H groups in total. The van der Waals surface area contributed by atoms with Crippen LogP contribution in [-0.2, 0) is 9.84 Å². The Morgan fingerprint density at radius 3 is 2.25 bits per heavy atom. The molecule has 12 heavy (non-hydrogen) atoms. The van der Waals surface area contributed by atoms with Crippen molar-refractivity contribution < 1.29 is 8.42 Å². The molecule has 0 amide bonds. The van der Waals surface area contributed by atoms with Gasteiger partial charge in [0.2, 0.25) is 0 Å². The van der Waals surface area contributed by atoms with Crippen LogP contribution in [0.2, 0.25) is 0 Å². The molecule has 0 rings (SSSR count). The first-order valence-corrected chi connectivity index (χ1v) is 5.97. The third kappa shape index (κ3) is 4.34. The second kappa shape index (κ2) is 5.14. The van der Waals surface area contributed by atoms with Crippen LogP contribution in [0.5, 0.6) is 0 Å². The van der Waals surface area contributed by atoms with E-state index in [2.05, 4.69) is 0 Å². The molecule has 0 spiro atoms. The minimum Gasteiger partial charge on any atom is -0.224 e. The van der Waals surface area contributed by atoms with E-state index in [1.165, 1.54) is 6.26 Å². The Kier molecular flexibility index (Phi) is 4.90. The lowest BCUT2D eigenvalue weighted by Crippen LogP contribution is -1.98. The summed E-state index contributed by atoms with van der Waals surface area (Å²) in [6, 6.07) is 0. The highest BCUT2D eigenvalue weighted by Crippen LogP contribution is 2.08. The summed E-state index contributed by atoms with van der Waals surface area (Å²) in [6.07, 6.45) is 8.12. The smallest absolute Gasteiger partial charge is 0.171 e. The van der Waals surface area contributed by atoms with Crippen molar-refractivity contribution in [2.45, 2.75) is 26.7 Å². The SMILES string of the molecule is CC/C=C/C=C(/CC)S(C)(=O)=O. The summed E-state index contributed by atoms with van der Waals surface area (Å²) in [6.45, 7) is 3.85.